The molecule has 0 amide bonds. The second kappa shape index (κ2) is 5.74. The number of halogens is 1. The van der Waals surface area contributed by atoms with Gasteiger partial charge in [0, 0.05) is 10.4 Å². The van der Waals surface area contributed by atoms with Gasteiger partial charge in [0.25, 0.3) is 0 Å². The molecule has 0 saturated heterocycles. The fourth-order valence-corrected chi connectivity index (χ4v) is 2.12. The van der Waals surface area contributed by atoms with Crippen LogP contribution in [-0.2, 0) is 0 Å². The van der Waals surface area contributed by atoms with Gasteiger partial charge in [0.1, 0.15) is 11.5 Å². The summed E-state index contributed by atoms with van der Waals surface area (Å²) in [6, 6.07) is 1.84. The SMILES string of the molecule is COc1cc(C(O)C(C)Br)c(OC)c(C)c1C. The van der Waals surface area contributed by atoms with Gasteiger partial charge in [0.05, 0.1) is 20.3 Å². The maximum atomic E-state index is 10.2. The van der Waals surface area contributed by atoms with E-state index in [9.17, 15) is 5.11 Å². The van der Waals surface area contributed by atoms with Gasteiger partial charge in [0.2, 0.25) is 0 Å². The maximum absolute atomic E-state index is 10.2. The number of methoxy groups -OCH3 is 2. The van der Waals surface area contributed by atoms with Crippen molar-refractivity contribution >= 4 is 15.9 Å². The van der Waals surface area contributed by atoms with Gasteiger partial charge in [-0.05, 0) is 38.0 Å². The normalized spacial score (nSPS) is 14.3. The smallest absolute Gasteiger partial charge is 0.128 e. The highest BCUT2D eigenvalue weighted by molar-refractivity contribution is 9.09. The van der Waals surface area contributed by atoms with E-state index < -0.39 is 6.10 Å². The van der Waals surface area contributed by atoms with Gasteiger partial charge in [-0.1, -0.05) is 15.9 Å². The molecule has 0 bridgehead atoms. The van der Waals surface area contributed by atoms with Crippen molar-refractivity contribution in [1.82, 2.24) is 0 Å². The minimum Gasteiger partial charge on any atom is -0.496 e. The van der Waals surface area contributed by atoms with Crippen molar-refractivity contribution in [3.05, 3.63) is 22.8 Å². The highest BCUT2D eigenvalue weighted by atomic mass is 79.9. The Kier molecular flexibility index (Phi) is 4.83. The minimum absolute atomic E-state index is 0.0526. The second-order valence-corrected chi connectivity index (χ2v) is 5.52. The number of hydrogen-bond acceptors (Lipinski definition) is 3. The molecule has 0 aromatic heterocycles. The van der Waals surface area contributed by atoms with Crippen LogP contribution in [0.2, 0.25) is 0 Å². The number of alkyl halides is 1. The lowest BCUT2D eigenvalue weighted by Crippen LogP contribution is -2.11. The first kappa shape index (κ1) is 14.3. The third kappa shape index (κ3) is 2.75. The summed E-state index contributed by atoms with van der Waals surface area (Å²) in [6.45, 7) is 5.84. The number of aliphatic hydroxyl groups excluding tert-OH is 1. The van der Waals surface area contributed by atoms with Crippen molar-refractivity contribution in [3.8, 4) is 11.5 Å². The van der Waals surface area contributed by atoms with Gasteiger partial charge < -0.3 is 14.6 Å². The Bertz CT molecular complexity index is 402. The topological polar surface area (TPSA) is 38.7 Å². The number of rotatable bonds is 4. The fourth-order valence-electron chi connectivity index (χ4n) is 1.84. The summed E-state index contributed by atoms with van der Waals surface area (Å²) in [5.41, 5.74) is 2.77. The summed E-state index contributed by atoms with van der Waals surface area (Å²) in [7, 11) is 3.24. The van der Waals surface area contributed by atoms with Gasteiger partial charge >= 0.3 is 0 Å². The molecule has 1 rings (SSSR count). The molecular formula is C13H19BrO3. The molecule has 4 heteroatoms. The number of ether oxygens (including phenoxy) is 2. The summed E-state index contributed by atoms with van der Waals surface area (Å²) in [5, 5.41) is 10.2. The highest BCUT2D eigenvalue weighted by Crippen LogP contribution is 2.38. The van der Waals surface area contributed by atoms with Crippen LogP contribution in [0.3, 0.4) is 0 Å². The van der Waals surface area contributed by atoms with Gasteiger partial charge in [-0.2, -0.15) is 0 Å². The zero-order valence-corrected chi connectivity index (χ0v) is 12.5. The van der Waals surface area contributed by atoms with E-state index in [0.29, 0.717) is 0 Å². The summed E-state index contributed by atoms with van der Waals surface area (Å²) >= 11 is 3.38. The maximum Gasteiger partial charge on any atom is 0.128 e. The van der Waals surface area contributed by atoms with E-state index in [-0.39, 0.29) is 4.83 Å². The van der Waals surface area contributed by atoms with E-state index in [1.165, 1.54) is 0 Å². The summed E-state index contributed by atoms with van der Waals surface area (Å²) in [6.07, 6.45) is -0.627. The van der Waals surface area contributed by atoms with Crippen LogP contribution in [0.1, 0.15) is 29.7 Å². The zero-order chi connectivity index (χ0) is 13.2. The minimum atomic E-state index is -0.627. The molecule has 2 unspecified atom stereocenters. The van der Waals surface area contributed by atoms with E-state index in [0.717, 1.165) is 28.2 Å². The summed E-state index contributed by atoms with van der Waals surface area (Å²) < 4.78 is 10.7. The zero-order valence-electron chi connectivity index (χ0n) is 10.9. The lowest BCUT2D eigenvalue weighted by atomic mass is 9.98. The Morgan fingerprint density at radius 2 is 1.76 bits per heavy atom. The van der Waals surface area contributed by atoms with E-state index in [1.807, 2.05) is 26.8 Å². The first-order valence-corrected chi connectivity index (χ1v) is 6.39. The molecule has 1 aromatic carbocycles. The molecule has 0 fully saturated rings. The van der Waals surface area contributed by atoms with Crippen molar-refractivity contribution in [2.75, 3.05) is 14.2 Å². The molecule has 0 spiro atoms. The van der Waals surface area contributed by atoms with Gasteiger partial charge in [-0.15, -0.1) is 0 Å². The van der Waals surface area contributed by atoms with Crippen LogP contribution in [0.15, 0.2) is 6.07 Å². The Morgan fingerprint density at radius 3 is 2.18 bits per heavy atom. The number of benzene rings is 1. The van der Waals surface area contributed by atoms with Crippen LogP contribution in [0.5, 0.6) is 11.5 Å². The molecule has 0 heterocycles. The summed E-state index contributed by atoms with van der Waals surface area (Å²) in [5.74, 6) is 1.49. The molecule has 2 atom stereocenters. The largest absolute Gasteiger partial charge is 0.496 e. The van der Waals surface area contributed by atoms with Crippen LogP contribution in [-0.4, -0.2) is 24.2 Å². The Morgan fingerprint density at radius 1 is 1.18 bits per heavy atom. The molecule has 17 heavy (non-hydrogen) atoms. The van der Waals surface area contributed by atoms with Crippen LogP contribution in [0, 0.1) is 13.8 Å². The van der Waals surface area contributed by atoms with Crippen molar-refractivity contribution in [2.24, 2.45) is 0 Å². The third-order valence-electron chi connectivity index (χ3n) is 3.00. The lowest BCUT2D eigenvalue weighted by Gasteiger charge is -2.21. The van der Waals surface area contributed by atoms with Gasteiger partial charge in [0.15, 0.2) is 0 Å². The molecule has 1 N–H and O–H groups in total. The average Bonchev–Trinajstić information content (AvgIpc) is 2.31. The van der Waals surface area contributed by atoms with Crippen LogP contribution in [0.25, 0.3) is 0 Å². The molecule has 0 aliphatic heterocycles. The van der Waals surface area contributed by atoms with Gasteiger partial charge in [-0.25, -0.2) is 0 Å². The molecule has 0 saturated carbocycles. The summed E-state index contributed by atoms with van der Waals surface area (Å²) in [4.78, 5) is -0.0526. The predicted octanol–water partition coefficient (Wildman–Crippen LogP) is 3.14. The average molecular weight is 303 g/mol. The first-order valence-electron chi connectivity index (χ1n) is 5.48. The Hall–Kier alpha value is -0.740. The van der Waals surface area contributed by atoms with Crippen molar-refractivity contribution < 1.29 is 14.6 Å². The standard InChI is InChI=1S/C13H19BrO3/c1-7-8(2)13(17-5)10(6-11(7)16-4)12(15)9(3)14/h6,9,12,15H,1-5H3. The molecule has 96 valence electrons. The van der Waals surface area contributed by atoms with Crippen molar-refractivity contribution in [2.45, 2.75) is 31.7 Å². The van der Waals surface area contributed by atoms with E-state index in [2.05, 4.69) is 15.9 Å². The Labute approximate surface area is 111 Å². The number of hydrogen-bond donors (Lipinski definition) is 1. The third-order valence-corrected chi connectivity index (χ3v) is 3.50. The van der Waals surface area contributed by atoms with E-state index >= 15 is 0 Å². The van der Waals surface area contributed by atoms with Crippen molar-refractivity contribution in [1.29, 1.82) is 0 Å². The molecule has 0 radical (unpaired) electrons. The number of aliphatic hydroxyl groups is 1. The monoisotopic (exact) mass is 302 g/mol. The van der Waals surface area contributed by atoms with Crippen molar-refractivity contribution in [3.63, 3.8) is 0 Å². The lowest BCUT2D eigenvalue weighted by molar-refractivity contribution is 0.176. The highest BCUT2D eigenvalue weighted by Gasteiger charge is 2.22. The second-order valence-electron chi connectivity index (χ2n) is 4.07. The molecule has 1 aromatic rings. The van der Waals surface area contributed by atoms with E-state index in [4.69, 9.17) is 9.47 Å². The van der Waals surface area contributed by atoms with Gasteiger partial charge in [-0.3, -0.25) is 0 Å². The molecule has 3 nitrogen and oxygen atoms in total. The van der Waals surface area contributed by atoms with Crippen LogP contribution in [0.4, 0.5) is 0 Å². The van der Waals surface area contributed by atoms with E-state index in [1.54, 1.807) is 14.2 Å². The molecular weight excluding hydrogens is 284 g/mol. The predicted molar refractivity (Wildman–Crippen MR) is 72.4 cm³/mol. The quantitative estimate of drug-likeness (QED) is 0.869. The molecule has 0 aliphatic carbocycles. The first-order chi connectivity index (χ1) is 7.93. The Balaban J connectivity index is 3.42. The van der Waals surface area contributed by atoms with Crippen LogP contribution >= 0.6 is 15.9 Å². The van der Waals surface area contributed by atoms with Crippen LogP contribution < -0.4 is 9.47 Å². The fraction of sp³-hybridized carbons (Fsp3) is 0.538. The molecule has 0 aliphatic rings.